The summed E-state index contributed by atoms with van der Waals surface area (Å²) in [5.41, 5.74) is 2.07. The fraction of sp³-hybridized carbons (Fsp3) is 0.250. The Bertz CT molecular complexity index is 736. The van der Waals surface area contributed by atoms with Gasteiger partial charge in [0.25, 0.3) is 0 Å². The highest BCUT2D eigenvalue weighted by Crippen LogP contribution is 2.13. The number of nitrogens with one attached hydrogen (secondary N) is 1. The topological polar surface area (TPSA) is 77.6 Å². The first-order chi connectivity index (χ1) is 11.3. The highest BCUT2D eigenvalue weighted by molar-refractivity contribution is 5.75. The highest BCUT2D eigenvalue weighted by atomic mass is 16.1. The van der Waals surface area contributed by atoms with Crippen LogP contribution in [0.2, 0.25) is 0 Å². The van der Waals surface area contributed by atoms with Gasteiger partial charge in [-0.3, -0.25) is 9.48 Å². The number of carbonyl (C=O) groups excluding carboxylic acids is 1. The molecule has 118 valence electrons. The molecule has 0 fully saturated rings. The van der Waals surface area contributed by atoms with Crippen LogP contribution in [0, 0.1) is 0 Å². The van der Waals surface area contributed by atoms with E-state index in [2.05, 4.69) is 20.4 Å². The van der Waals surface area contributed by atoms with Crippen LogP contribution in [0.1, 0.15) is 18.4 Å². The van der Waals surface area contributed by atoms with Crippen LogP contribution in [-0.4, -0.2) is 30.2 Å². The third kappa shape index (κ3) is 4.03. The summed E-state index contributed by atoms with van der Waals surface area (Å²) in [5, 5.41) is 6.98. The molecular formula is C16H18N6O. The Morgan fingerprint density at radius 1 is 1.17 bits per heavy atom. The van der Waals surface area contributed by atoms with Crippen molar-refractivity contribution < 1.29 is 4.79 Å². The summed E-state index contributed by atoms with van der Waals surface area (Å²) < 4.78 is 3.66. The van der Waals surface area contributed by atoms with Crippen LogP contribution in [0.4, 0.5) is 0 Å². The zero-order chi connectivity index (χ0) is 15.9. The van der Waals surface area contributed by atoms with Crippen LogP contribution < -0.4 is 5.32 Å². The zero-order valence-electron chi connectivity index (χ0n) is 12.7. The van der Waals surface area contributed by atoms with E-state index in [1.54, 1.807) is 23.5 Å². The lowest BCUT2D eigenvalue weighted by Gasteiger charge is -2.11. The molecule has 0 unspecified atom stereocenters. The molecule has 0 bridgehead atoms. The number of rotatable bonds is 7. The van der Waals surface area contributed by atoms with Gasteiger partial charge < -0.3 is 9.88 Å². The zero-order valence-corrected chi connectivity index (χ0v) is 12.7. The fourth-order valence-corrected chi connectivity index (χ4v) is 2.35. The smallest absolute Gasteiger partial charge is 0.220 e. The lowest BCUT2D eigenvalue weighted by atomic mass is 10.1. The Morgan fingerprint density at radius 2 is 2.09 bits per heavy atom. The van der Waals surface area contributed by atoms with Crippen molar-refractivity contribution in [3.63, 3.8) is 0 Å². The van der Waals surface area contributed by atoms with Gasteiger partial charge in [0.15, 0.2) is 0 Å². The predicted octanol–water partition coefficient (Wildman–Crippen LogP) is 1.56. The third-order valence-corrected chi connectivity index (χ3v) is 3.51. The van der Waals surface area contributed by atoms with Gasteiger partial charge in [-0.25, -0.2) is 9.97 Å². The van der Waals surface area contributed by atoms with Crippen molar-refractivity contribution in [1.29, 1.82) is 0 Å². The Kier molecular flexibility index (Phi) is 4.78. The molecule has 0 aliphatic rings. The number of imidazole rings is 1. The maximum Gasteiger partial charge on any atom is 0.220 e. The van der Waals surface area contributed by atoms with E-state index in [-0.39, 0.29) is 5.91 Å². The molecule has 1 N–H and O–H groups in total. The molecule has 0 aliphatic carbocycles. The van der Waals surface area contributed by atoms with Crippen LogP contribution in [0.5, 0.6) is 0 Å². The molecule has 2 heterocycles. The maximum atomic E-state index is 12.0. The van der Waals surface area contributed by atoms with E-state index in [0.29, 0.717) is 19.5 Å². The lowest BCUT2D eigenvalue weighted by molar-refractivity contribution is -0.121. The Hall–Kier alpha value is -2.96. The van der Waals surface area contributed by atoms with E-state index < -0.39 is 0 Å². The van der Waals surface area contributed by atoms with Crippen molar-refractivity contribution in [2.75, 3.05) is 0 Å². The quantitative estimate of drug-likeness (QED) is 0.718. The van der Waals surface area contributed by atoms with Gasteiger partial charge >= 0.3 is 0 Å². The Balaban J connectivity index is 1.51. The van der Waals surface area contributed by atoms with Crippen LogP contribution in [0.3, 0.4) is 0 Å². The molecule has 23 heavy (non-hydrogen) atoms. The summed E-state index contributed by atoms with van der Waals surface area (Å²) in [7, 11) is 0. The van der Waals surface area contributed by atoms with Gasteiger partial charge in [0, 0.05) is 31.9 Å². The molecule has 7 heteroatoms. The first-order valence-corrected chi connectivity index (χ1v) is 7.48. The average molecular weight is 310 g/mol. The first kappa shape index (κ1) is 15.0. The van der Waals surface area contributed by atoms with Gasteiger partial charge in [-0.2, -0.15) is 5.10 Å². The van der Waals surface area contributed by atoms with Crippen molar-refractivity contribution in [3.05, 3.63) is 61.2 Å². The molecule has 1 aromatic carbocycles. The molecule has 0 saturated heterocycles. The maximum absolute atomic E-state index is 12.0. The molecule has 7 nitrogen and oxygen atoms in total. The number of benzene rings is 1. The molecule has 0 aliphatic heterocycles. The van der Waals surface area contributed by atoms with E-state index in [4.69, 9.17) is 0 Å². The summed E-state index contributed by atoms with van der Waals surface area (Å²) in [4.78, 5) is 19.9. The molecule has 1 amide bonds. The van der Waals surface area contributed by atoms with E-state index in [1.807, 2.05) is 35.0 Å². The largest absolute Gasteiger partial charge is 0.352 e. The molecule has 2 aromatic heterocycles. The number of aryl methyl sites for hydroxylation is 1. The van der Waals surface area contributed by atoms with Crippen molar-refractivity contribution in [3.8, 4) is 5.69 Å². The third-order valence-electron chi connectivity index (χ3n) is 3.51. The van der Waals surface area contributed by atoms with E-state index in [1.165, 1.54) is 6.33 Å². The number of hydrogen-bond acceptors (Lipinski definition) is 4. The Labute approximate surface area is 134 Å². The monoisotopic (exact) mass is 310 g/mol. The molecule has 0 saturated carbocycles. The van der Waals surface area contributed by atoms with Gasteiger partial charge in [-0.1, -0.05) is 18.2 Å². The van der Waals surface area contributed by atoms with Gasteiger partial charge in [-0.15, -0.1) is 0 Å². The van der Waals surface area contributed by atoms with Crippen molar-refractivity contribution in [2.24, 2.45) is 0 Å². The summed E-state index contributed by atoms with van der Waals surface area (Å²) in [5.74, 6) is 0.0329. The second-order valence-electron chi connectivity index (χ2n) is 5.14. The molecular weight excluding hydrogens is 292 g/mol. The minimum atomic E-state index is 0.0329. The standard InChI is InChI=1S/C16H18N6O/c23-16(6-3-8-22-13-18-11-20-22)19-10-14-4-1-2-5-15(14)21-9-7-17-12-21/h1-2,4-5,7,9,11-13H,3,6,8,10H2,(H,19,23). The number of amides is 1. The van der Waals surface area contributed by atoms with Crippen molar-refractivity contribution in [2.45, 2.75) is 25.9 Å². The second-order valence-corrected chi connectivity index (χ2v) is 5.14. The average Bonchev–Trinajstić information content (AvgIpc) is 3.27. The number of carbonyl (C=O) groups is 1. The highest BCUT2D eigenvalue weighted by Gasteiger charge is 2.06. The fourth-order valence-electron chi connectivity index (χ4n) is 2.35. The van der Waals surface area contributed by atoms with Gasteiger partial charge in [0.05, 0.1) is 12.0 Å². The van der Waals surface area contributed by atoms with E-state index in [9.17, 15) is 4.79 Å². The predicted molar refractivity (Wildman–Crippen MR) is 84.7 cm³/mol. The van der Waals surface area contributed by atoms with Crippen LogP contribution in [0.25, 0.3) is 5.69 Å². The number of para-hydroxylation sites is 1. The molecule has 3 rings (SSSR count). The summed E-state index contributed by atoms with van der Waals surface area (Å²) >= 11 is 0. The van der Waals surface area contributed by atoms with Crippen LogP contribution in [0.15, 0.2) is 55.6 Å². The molecule has 0 spiro atoms. The van der Waals surface area contributed by atoms with Gasteiger partial charge in [0.1, 0.15) is 12.7 Å². The lowest BCUT2D eigenvalue weighted by Crippen LogP contribution is -2.23. The molecule has 3 aromatic rings. The first-order valence-electron chi connectivity index (χ1n) is 7.48. The van der Waals surface area contributed by atoms with Crippen LogP contribution in [-0.2, 0) is 17.9 Å². The number of aromatic nitrogens is 5. The summed E-state index contributed by atoms with van der Waals surface area (Å²) in [6, 6.07) is 7.95. The van der Waals surface area contributed by atoms with Gasteiger partial charge in [-0.05, 0) is 18.1 Å². The van der Waals surface area contributed by atoms with Gasteiger partial charge in [0.2, 0.25) is 5.91 Å². The Morgan fingerprint density at radius 3 is 2.87 bits per heavy atom. The molecule has 0 radical (unpaired) electrons. The number of hydrogen-bond donors (Lipinski definition) is 1. The normalized spacial score (nSPS) is 10.6. The van der Waals surface area contributed by atoms with Crippen molar-refractivity contribution >= 4 is 5.91 Å². The summed E-state index contributed by atoms with van der Waals surface area (Å²) in [6.07, 6.45) is 9.72. The van der Waals surface area contributed by atoms with Crippen molar-refractivity contribution in [1.82, 2.24) is 29.6 Å². The van der Waals surface area contributed by atoms with E-state index in [0.717, 1.165) is 17.7 Å². The summed E-state index contributed by atoms with van der Waals surface area (Å²) in [6.45, 7) is 1.19. The second kappa shape index (κ2) is 7.35. The minimum absolute atomic E-state index is 0.0329. The molecule has 0 atom stereocenters. The van der Waals surface area contributed by atoms with Crippen LogP contribution >= 0.6 is 0 Å². The minimum Gasteiger partial charge on any atom is -0.352 e. The number of nitrogens with zero attached hydrogens (tertiary/aromatic N) is 5. The van der Waals surface area contributed by atoms with E-state index >= 15 is 0 Å². The SMILES string of the molecule is O=C(CCCn1cncn1)NCc1ccccc1-n1ccnc1.